The molecule has 1 aliphatic heterocycles. The van der Waals surface area contributed by atoms with Gasteiger partial charge in [-0.3, -0.25) is 0 Å². The number of sulfonamides is 1. The Labute approximate surface area is 117 Å². The lowest BCUT2D eigenvalue weighted by molar-refractivity contribution is 0.0602. The Morgan fingerprint density at radius 3 is 2.89 bits per heavy atom. The summed E-state index contributed by atoms with van der Waals surface area (Å²) in [6.45, 7) is 3.07. The van der Waals surface area contributed by atoms with Gasteiger partial charge in [-0.25, -0.2) is 13.2 Å². The van der Waals surface area contributed by atoms with Crippen molar-refractivity contribution in [2.45, 2.75) is 24.7 Å². The van der Waals surface area contributed by atoms with Crippen LogP contribution in [0.2, 0.25) is 0 Å². The summed E-state index contributed by atoms with van der Waals surface area (Å²) < 4.78 is 31.2. The van der Waals surface area contributed by atoms with Gasteiger partial charge in [-0.05, 0) is 30.2 Å². The van der Waals surface area contributed by atoms with Gasteiger partial charge < -0.3 is 4.74 Å². The highest BCUT2D eigenvalue weighted by atomic mass is 32.2. The maximum atomic E-state index is 12.6. The molecule has 0 aromatic carbocycles. The van der Waals surface area contributed by atoms with E-state index in [0.717, 1.165) is 24.2 Å². The minimum Gasteiger partial charge on any atom is -0.465 e. The van der Waals surface area contributed by atoms with Crippen LogP contribution in [0.1, 0.15) is 29.4 Å². The van der Waals surface area contributed by atoms with E-state index < -0.39 is 16.0 Å². The highest BCUT2D eigenvalue weighted by molar-refractivity contribution is 7.89. The number of rotatable bonds is 3. The third-order valence-electron chi connectivity index (χ3n) is 3.24. The molecule has 0 amide bonds. The number of carbonyl (C=O) groups excluding carboxylic acids is 1. The van der Waals surface area contributed by atoms with Gasteiger partial charge >= 0.3 is 5.97 Å². The number of carbonyl (C=O) groups is 1. The lowest BCUT2D eigenvalue weighted by Crippen LogP contribution is -2.39. The second kappa shape index (κ2) is 5.60. The molecule has 7 heteroatoms. The van der Waals surface area contributed by atoms with Crippen LogP contribution in [0, 0.1) is 5.92 Å². The van der Waals surface area contributed by atoms with E-state index in [4.69, 9.17) is 0 Å². The molecule has 0 spiro atoms. The fourth-order valence-electron chi connectivity index (χ4n) is 2.25. The largest absolute Gasteiger partial charge is 0.465 e. The lowest BCUT2D eigenvalue weighted by atomic mass is 10.0. The van der Waals surface area contributed by atoms with Crippen molar-refractivity contribution in [3.05, 3.63) is 16.3 Å². The van der Waals surface area contributed by atoms with Crippen molar-refractivity contribution in [1.29, 1.82) is 0 Å². The zero-order valence-electron chi connectivity index (χ0n) is 11.0. The van der Waals surface area contributed by atoms with E-state index in [0.29, 0.717) is 19.0 Å². The first-order valence-electron chi connectivity index (χ1n) is 6.12. The molecule has 0 aliphatic carbocycles. The standard InChI is InChI=1S/C12H17NO4S2/c1-9-4-3-6-13(8-9)19(15,16)10-5-7-18-11(10)12(14)17-2/h5,7,9H,3-4,6,8H2,1-2H3/t9-/m1/s1. The Kier molecular flexibility index (Phi) is 4.27. The molecule has 1 aromatic rings. The van der Waals surface area contributed by atoms with Crippen LogP contribution < -0.4 is 0 Å². The van der Waals surface area contributed by atoms with E-state index in [1.54, 1.807) is 5.38 Å². The molecule has 1 saturated heterocycles. The quantitative estimate of drug-likeness (QED) is 0.801. The minimum atomic E-state index is -3.59. The predicted molar refractivity (Wildman–Crippen MR) is 72.8 cm³/mol. The Hall–Kier alpha value is -0.920. The van der Waals surface area contributed by atoms with Gasteiger partial charge in [0.2, 0.25) is 10.0 Å². The highest BCUT2D eigenvalue weighted by Gasteiger charge is 2.32. The molecular weight excluding hydrogens is 286 g/mol. The highest BCUT2D eigenvalue weighted by Crippen LogP contribution is 2.28. The molecule has 106 valence electrons. The third-order valence-corrected chi connectivity index (χ3v) is 6.17. The molecule has 1 fully saturated rings. The van der Waals surface area contributed by atoms with Crippen molar-refractivity contribution in [3.8, 4) is 0 Å². The third kappa shape index (κ3) is 2.82. The molecule has 5 nitrogen and oxygen atoms in total. The van der Waals surface area contributed by atoms with Gasteiger partial charge in [0.1, 0.15) is 9.77 Å². The first kappa shape index (κ1) is 14.5. The summed E-state index contributed by atoms with van der Waals surface area (Å²) in [6, 6.07) is 1.48. The number of hydrogen-bond donors (Lipinski definition) is 0. The smallest absolute Gasteiger partial charge is 0.349 e. The SMILES string of the molecule is COC(=O)c1sccc1S(=O)(=O)N1CCC[C@@H](C)C1. The van der Waals surface area contributed by atoms with Crippen LogP contribution in [-0.4, -0.2) is 38.9 Å². The zero-order chi connectivity index (χ0) is 14.0. The summed E-state index contributed by atoms with van der Waals surface area (Å²) in [5.41, 5.74) is 0. The number of esters is 1. The van der Waals surface area contributed by atoms with E-state index >= 15 is 0 Å². The van der Waals surface area contributed by atoms with Crippen LogP contribution >= 0.6 is 11.3 Å². The van der Waals surface area contributed by atoms with Crippen molar-refractivity contribution in [2.75, 3.05) is 20.2 Å². The van der Waals surface area contributed by atoms with Crippen LogP contribution in [0.25, 0.3) is 0 Å². The van der Waals surface area contributed by atoms with Crippen molar-refractivity contribution < 1.29 is 17.9 Å². The van der Waals surface area contributed by atoms with Crippen LogP contribution in [0.5, 0.6) is 0 Å². The van der Waals surface area contributed by atoms with Crippen LogP contribution in [0.3, 0.4) is 0 Å². The molecule has 1 atom stereocenters. The van der Waals surface area contributed by atoms with Gasteiger partial charge in [0.05, 0.1) is 7.11 Å². The van der Waals surface area contributed by atoms with Crippen molar-refractivity contribution >= 4 is 27.3 Å². The second-order valence-corrected chi connectivity index (χ2v) is 7.54. The minimum absolute atomic E-state index is 0.0680. The maximum absolute atomic E-state index is 12.6. The number of hydrogen-bond acceptors (Lipinski definition) is 5. The first-order chi connectivity index (χ1) is 8.96. The summed E-state index contributed by atoms with van der Waals surface area (Å²) in [5.74, 6) is -0.248. The summed E-state index contributed by atoms with van der Waals surface area (Å²) in [5, 5.41) is 1.60. The predicted octanol–water partition coefficient (Wildman–Crippen LogP) is 1.96. The Bertz CT molecular complexity index is 564. The van der Waals surface area contributed by atoms with Crippen molar-refractivity contribution in [3.63, 3.8) is 0 Å². The van der Waals surface area contributed by atoms with E-state index in [9.17, 15) is 13.2 Å². The van der Waals surface area contributed by atoms with Gasteiger partial charge in [-0.1, -0.05) is 6.92 Å². The molecule has 0 N–H and O–H groups in total. The first-order valence-corrected chi connectivity index (χ1v) is 8.44. The summed E-state index contributed by atoms with van der Waals surface area (Å²) >= 11 is 1.09. The molecule has 2 rings (SSSR count). The molecule has 1 aliphatic rings. The van der Waals surface area contributed by atoms with Gasteiger partial charge in [-0.15, -0.1) is 11.3 Å². The van der Waals surface area contributed by atoms with Crippen molar-refractivity contribution in [1.82, 2.24) is 4.31 Å². The van der Waals surface area contributed by atoms with Crippen LogP contribution in [0.15, 0.2) is 16.3 Å². The molecular formula is C12H17NO4S2. The van der Waals surface area contributed by atoms with Crippen molar-refractivity contribution in [2.24, 2.45) is 5.92 Å². The van der Waals surface area contributed by atoms with E-state index in [1.165, 1.54) is 17.5 Å². The normalized spacial score (nSPS) is 21.3. The topological polar surface area (TPSA) is 63.7 Å². The number of thiophene rings is 1. The second-order valence-electron chi connectivity index (χ2n) is 4.72. The molecule has 0 bridgehead atoms. The Morgan fingerprint density at radius 2 is 2.26 bits per heavy atom. The fraction of sp³-hybridized carbons (Fsp3) is 0.583. The summed E-state index contributed by atoms with van der Waals surface area (Å²) in [6.07, 6.45) is 1.90. The van der Waals surface area contributed by atoms with Crippen LogP contribution in [-0.2, 0) is 14.8 Å². The van der Waals surface area contributed by atoms with E-state index in [2.05, 4.69) is 4.74 Å². The fourth-order valence-corrected chi connectivity index (χ4v) is 5.15. The average Bonchev–Trinajstić information content (AvgIpc) is 2.87. The number of ether oxygens (including phenoxy) is 1. The number of nitrogens with zero attached hydrogens (tertiary/aromatic N) is 1. The Morgan fingerprint density at radius 1 is 1.53 bits per heavy atom. The van der Waals surface area contributed by atoms with E-state index in [-0.39, 0.29) is 9.77 Å². The maximum Gasteiger partial charge on any atom is 0.349 e. The Balaban J connectivity index is 2.34. The number of piperidine rings is 1. The molecule has 2 heterocycles. The monoisotopic (exact) mass is 303 g/mol. The lowest BCUT2D eigenvalue weighted by Gasteiger charge is -2.29. The molecule has 0 saturated carbocycles. The van der Waals surface area contributed by atoms with Gasteiger partial charge in [0.25, 0.3) is 0 Å². The molecule has 0 unspecified atom stereocenters. The van der Waals surface area contributed by atoms with E-state index in [1.807, 2.05) is 6.92 Å². The van der Waals surface area contributed by atoms with Gasteiger partial charge in [0, 0.05) is 13.1 Å². The van der Waals surface area contributed by atoms with Crippen LogP contribution in [0.4, 0.5) is 0 Å². The average molecular weight is 303 g/mol. The molecule has 19 heavy (non-hydrogen) atoms. The van der Waals surface area contributed by atoms with Gasteiger partial charge in [-0.2, -0.15) is 4.31 Å². The summed E-state index contributed by atoms with van der Waals surface area (Å²) in [7, 11) is -2.34. The molecule has 1 aromatic heterocycles. The summed E-state index contributed by atoms with van der Waals surface area (Å²) in [4.78, 5) is 11.8. The molecule has 0 radical (unpaired) electrons. The number of methoxy groups -OCH3 is 1. The zero-order valence-corrected chi connectivity index (χ0v) is 12.6. The van der Waals surface area contributed by atoms with Gasteiger partial charge in [0.15, 0.2) is 0 Å².